The molecule has 0 fully saturated rings. The molecule has 18 heavy (non-hydrogen) atoms. The molecule has 5 nitrogen and oxygen atoms in total. The molecule has 1 unspecified atom stereocenters. The van der Waals surface area contributed by atoms with Gasteiger partial charge in [0.1, 0.15) is 5.02 Å². The van der Waals surface area contributed by atoms with Crippen LogP contribution in [0.25, 0.3) is 0 Å². The van der Waals surface area contributed by atoms with Crippen molar-refractivity contribution in [2.24, 2.45) is 5.92 Å². The van der Waals surface area contributed by atoms with Gasteiger partial charge in [-0.1, -0.05) is 25.4 Å². The fraction of sp³-hybridized carbons (Fsp3) is 0.667. The summed E-state index contributed by atoms with van der Waals surface area (Å²) in [7, 11) is 0. The van der Waals surface area contributed by atoms with E-state index in [1.165, 1.54) is 0 Å². The van der Waals surface area contributed by atoms with E-state index in [1.54, 1.807) is 6.20 Å². The van der Waals surface area contributed by atoms with E-state index in [1.807, 2.05) is 6.92 Å². The van der Waals surface area contributed by atoms with Crippen LogP contribution in [0, 0.1) is 5.92 Å². The molecule has 6 heteroatoms. The average Bonchev–Trinajstić information content (AvgIpc) is 2.33. The molecule has 1 aromatic rings. The van der Waals surface area contributed by atoms with Gasteiger partial charge in [-0.3, -0.25) is 0 Å². The van der Waals surface area contributed by atoms with Crippen LogP contribution in [-0.4, -0.2) is 34.3 Å². The van der Waals surface area contributed by atoms with Gasteiger partial charge in [0.15, 0.2) is 5.82 Å². The molecule has 0 saturated carbocycles. The van der Waals surface area contributed by atoms with E-state index in [0.29, 0.717) is 29.1 Å². The summed E-state index contributed by atoms with van der Waals surface area (Å²) in [6.07, 6.45) is 2.24. The minimum absolute atomic E-state index is 0.136. The van der Waals surface area contributed by atoms with Crippen molar-refractivity contribution in [3.05, 3.63) is 11.2 Å². The van der Waals surface area contributed by atoms with Crippen molar-refractivity contribution in [3.8, 4) is 0 Å². The first kappa shape index (κ1) is 15.0. The largest absolute Gasteiger partial charge is 0.396 e. The monoisotopic (exact) mass is 272 g/mol. The minimum Gasteiger partial charge on any atom is -0.396 e. The summed E-state index contributed by atoms with van der Waals surface area (Å²) in [6, 6.07) is 0.136. The van der Waals surface area contributed by atoms with Crippen LogP contribution in [0.5, 0.6) is 0 Å². The van der Waals surface area contributed by atoms with Crippen LogP contribution < -0.4 is 10.6 Å². The van der Waals surface area contributed by atoms with Crippen LogP contribution >= 0.6 is 11.6 Å². The Hall–Kier alpha value is -1.07. The van der Waals surface area contributed by atoms with E-state index in [0.717, 1.165) is 6.54 Å². The quantitative estimate of drug-likeness (QED) is 0.711. The van der Waals surface area contributed by atoms with E-state index in [9.17, 15) is 0 Å². The predicted octanol–water partition coefficient (Wildman–Crippen LogP) is 2.38. The Labute approximate surface area is 113 Å². The third-order valence-corrected chi connectivity index (χ3v) is 2.92. The number of aromatic nitrogens is 2. The highest BCUT2D eigenvalue weighted by atomic mass is 35.5. The zero-order chi connectivity index (χ0) is 13.5. The van der Waals surface area contributed by atoms with Gasteiger partial charge < -0.3 is 15.7 Å². The van der Waals surface area contributed by atoms with Gasteiger partial charge in [0.05, 0.1) is 6.20 Å². The zero-order valence-electron chi connectivity index (χ0n) is 11.1. The second-order valence-corrected chi connectivity index (χ2v) is 4.83. The Bertz CT molecular complexity index is 373. The molecule has 0 saturated heterocycles. The predicted molar refractivity (Wildman–Crippen MR) is 75.2 cm³/mol. The molecule has 3 N–H and O–H groups in total. The number of nitrogens with one attached hydrogen (secondary N) is 2. The van der Waals surface area contributed by atoms with Crippen LogP contribution in [0.2, 0.25) is 5.02 Å². The van der Waals surface area contributed by atoms with Crippen LogP contribution in [-0.2, 0) is 0 Å². The lowest BCUT2D eigenvalue weighted by atomic mass is 10.0. The second kappa shape index (κ2) is 7.38. The smallest absolute Gasteiger partial charge is 0.224 e. The molecular formula is C12H21ClN4O. The Morgan fingerprint density at radius 1 is 1.44 bits per heavy atom. The first-order valence-corrected chi connectivity index (χ1v) is 6.60. The van der Waals surface area contributed by atoms with Gasteiger partial charge in [-0.25, -0.2) is 4.98 Å². The van der Waals surface area contributed by atoms with Crippen LogP contribution in [0.4, 0.5) is 11.8 Å². The molecule has 1 rings (SSSR count). The van der Waals surface area contributed by atoms with Gasteiger partial charge in [0.2, 0.25) is 5.95 Å². The van der Waals surface area contributed by atoms with E-state index in [-0.39, 0.29) is 12.6 Å². The van der Waals surface area contributed by atoms with Gasteiger partial charge in [0, 0.05) is 19.2 Å². The van der Waals surface area contributed by atoms with Crippen LogP contribution in [0.1, 0.15) is 27.2 Å². The molecule has 0 bridgehead atoms. The molecule has 1 aromatic heterocycles. The molecule has 0 aliphatic carbocycles. The highest BCUT2D eigenvalue weighted by molar-refractivity contribution is 6.32. The maximum Gasteiger partial charge on any atom is 0.224 e. The zero-order valence-corrected chi connectivity index (χ0v) is 11.8. The molecule has 0 aliphatic rings. The van der Waals surface area contributed by atoms with Gasteiger partial charge in [-0.05, 0) is 19.3 Å². The van der Waals surface area contributed by atoms with Gasteiger partial charge in [-0.15, -0.1) is 0 Å². The number of rotatable bonds is 7. The third-order valence-electron chi connectivity index (χ3n) is 2.65. The fourth-order valence-corrected chi connectivity index (χ4v) is 1.74. The summed E-state index contributed by atoms with van der Waals surface area (Å²) in [5, 5.41) is 15.8. The summed E-state index contributed by atoms with van der Waals surface area (Å²) in [5.74, 6) is 1.54. The molecule has 102 valence electrons. The number of anilines is 2. The summed E-state index contributed by atoms with van der Waals surface area (Å²) in [4.78, 5) is 8.40. The number of nitrogens with zero attached hydrogens (tertiary/aromatic N) is 2. The van der Waals surface area contributed by atoms with Crippen molar-refractivity contribution < 1.29 is 5.11 Å². The number of halogens is 1. The summed E-state index contributed by atoms with van der Waals surface area (Å²) >= 11 is 6.07. The molecular weight excluding hydrogens is 252 g/mol. The van der Waals surface area contributed by atoms with Crippen LogP contribution in [0.3, 0.4) is 0 Å². The number of aliphatic hydroxyl groups excluding tert-OH is 1. The second-order valence-electron chi connectivity index (χ2n) is 4.43. The summed E-state index contributed by atoms with van der Waals surface area (Å²) in [5.41, 5.74) is 0. The first-order chi connectivity index (χ1) is 8.58. The van der Waals surface area contributed by atoms with Gasteiger partial charge in [-0.2, -0.15) is 4.98 Å². The topological polar surface area (TPSA) is 70.1 Å². The Kier molecular flexibility index (Phi) is 6.15. The van der Waals surface area contributed by atoms with Gasteiger partial charge >= 0.3 is 0 Å². The van der Waals surface area contributed by atoms with Crippen LogP contribution in [0.15, 0.2) is 6.20 Å². The summed E-state index contributed by atoms with van der Waals surface area (Å²) in [6.45, 7) is 7.05. The fourth-order valence-electron chi connectivity index (χ4n) is 1.60. The number of hydrogen-bond donors (Lipinski definition) is 3. The Morgan fingerprint density at radius 2 is 2.17 bits per heavy atom. The molecule has 1 heterocycles. The number of hydrogen-bond acceptors (Lipinski definition) is 5. The van der Waals surface area contributed by atoms with E-state index < -0.39 is 0 Å². The third kappa shape index (κ3) is 4.31. The van der Waals surface area contributed by atoms with Crippen molar-refractivity contribution in [2.75, 3.05) is 23.8 Å². The van der Waals surface area contributed by atoms with E-state index >= 15 is 0 Å². The van der Waals surface area contributed by atoms with Crippen molar-refractivity contribution in [1.29, 1.82) is 0 Å². The average molecular weight is 273 g/mol. The normalized spacial score (nSPS) is 12.6. The van der Waals surface area contributed by atoms with Crippen molar-refractivity contribution in [3.63, 3.8) is 0 Å². The van der Waals surface area contributed by atoms with E-state index in [4.69, 9.17) is 16.7 Å². The maximum atomic E-state index is 9.05. The lowest BCUT2D eigenvalue weighted by Gasteiger charge is -2.22. The highest BCUT2D eigenvalue weighted by Gasteiger charge is 2.15. The highest BCUT2D eigenvalue weighted by Crippen LogP contribution is 2.22. The summed E-state index contributed by atoms with van der Waals surface area (Å²) < 4.78 is 0. The Morgan fingerprint density at radius 3 is 2.72 bits per heavy atom. The first-order valence-electron chi connectivity index (χ1n) is 6.22. The molecule has 0 amide bonds. The van der Waals surface area contributed by atoms with Crippen molar-refractivity contribution >= 4 is 23.4 Å². The molecule has 1 atom stereocenters. The molecule has 0 spiro atoms. The van der Waals surface area contributed by atoms with Crippen molar-refractivity contribution in [1.82, 2.24) is 9.97 Å². The lowest BCUT2D eigenvalue weighted by Crippen LogP contribution is -2.27. The molecule has 0 aliphatic heterocycles. The Balaban J connectivity index is 2.83. The lowest BCUT2D eigenvalue weighted by molar-refractivity contribution is 0.267. The van der Waals surface area contributed by atoms with Crippen molar-refractivity contribution in [2.45, 2.75) is 33.2 Å². The van der Waals surface area contributed by atoms with Gasteiger partial charge in [0.25, 0.3) is 0 Å². The molecule has 0 aromatic carbocycles. The standard InChI is InChI=1S/C12H21ClN4O/c1-4-14-12-15-7-9(13)11(17-12)16-10(5-6-18)8(2)3/h7-8,10,18H,4-6H2,1-3H3,(H2,14,15,16,17). The maximum absolute atomic E-state index is 9.05. The molecule has 0 radical (unpaired) electrons. The number of aliphatic hydroxyl groups is 1. The SMILES string of the molecule is CCNc1ncc(Cl)c(NC(CCO)C(C)C)n1. The van der Waals surface area contributed by atoms with E-state index in [2.05, 4.69) is 34.4 Å². The minimum atomic E-state index is 0.136.